The van der Waals surface area contributed by atoms with Crippen molar-refractivity contribution in [1.82, 2.24) is 24.8 Å². The van der Waals surface area contributed by atoms with Gasteiger partial charge in [0.05, 0.1) is 28.8 Å². The molecule has 2 aromatic heterocycles. The molecule has 3 rings (SSSR count). The number of benzene rings is 1. The molecule has 0 unspecified atom stereocenters. The lowest BCUT2D eigenvalue weighted by Crippen LogP contribution is -2.19. The molecule has 0 aliphatic heterocycles. The molecule has 0 aliphatic carbocycles. The lowest BCUT2D eigenvalue weighted by atomic mass is 10.3. The molecule has 2 heterocycles. The first-order chi connectivity index (χ1) is 13.0. The zero-order valence-electron chi connectivity index (χ0n) is 16.0. The number of para-hydroxylation sites is 1. The Morgan fingerprint density at radius 3 is 2.59 bits per heavy atom. The van der Waals surface area contributed by atoms with Crippen LogP contribution in [0, 0.1) is 0 Å². The highest BCUT2D eigenvalue weighted by Crippen LogP contribution is 2.29. The Hall–Kier alpha value is -2.64. The second kappa shape index (κ2) is 8.37. The number of halogens is 1. The van der Waals surface area contributed by atoms with Crippen LogP contribution in [0.25, 0.3) is 0 Å². The van der Waals surface area contributed by atoms with Gasteiger partial charge in [-0.05, 0) is 38.2 Å². The molecule has 0 spiro atoms. The van der Waals surface area contributed by atoms with Crippen LogP contribution in [0.3, 0.4) is 0 Å². The van der Waals surface area contributed by atoms with E-state index in [2.05, 4.69) is 27.3 Å². The fraction of sp³-hybridized carbons (Fsp3) is 0.316. The lowest BCUT2D eigenvalue weighted by Gasteiger charge is -2.21. The minimum atomic E-state index is 0.563. The number of aromatic nitrogens is 4. The van der Waals surface area contributed by atoms with Crippen molar-refractivity contribution in [3.05, 3.63) is 59.0 Å². The van der Waals surface area contributed by atoms with E-state index in [9.17, 15) is 0 Å². The van der Waals surface area contributed by atoms with Gasteiger partial charge in [-0.3, -0.25) is 5.43 Å². The van der Waals surface area contributed by atoms with E-state index in [0.717, 1.165) is 23.4 Å². The van der Waals surface area contributed by atoms with Gasteiger partial charge in [0.25, 0.3) is 0 Å². The average molecular weight is 386 g/mol. The minimum absolute atomic E-state index is 0.563. The molecule has 0 saturated heterocycles. The van der Waals surface area contributed by atoms with Gasteiger partial charge in [-0.2, -0.15) is 14.9 Å². The SMILES string of the molecule is CCc1cnn(Nc2cc(CN(C)C)nc(N(C)c3ccccc3Cl)n2)c1. The highest BCUT2D eigenvalue weighted by Gasteiger charge is 2.14. The van der Waals surface area contributed by atoms with Crippen LogP contribution in [0.15, 0.2) is 42.7 Å². The van der Waals surface area contributed by atoms with Crippen LogP contribution in [0.4, 0.5) is 17.5 Å². The molecular formula is C19H24ClN7. The topological polar surface area (TPSA) is 62.1 Å². The lowest BCUT2D eigenvalue weighted by molar-refractivity contribution is 0.396. The van der Waals surface area contributed by atoms with E-state index in [-0.39, 0.29) is 0 Å². The number of nitrogens with zero attached hydrogens (tertiary/aromatic N) is 6. The molecule has 0 saturated carbocycles. The molecule has 0 bridgehead atoms. The molecular weight excluding hydrogens is 362 g/mol. The number of hydrogen-bond acceptors (Lipinski definition) is 6. The predicted octanol–water partition coefficient (Wildman–Crippen LogP) is 3.59. The number of nitrogens with one attached hydrogen (secondary N) is 1. The molecule has 0 radical (unpaired) electrons. The maximum Gasteiger partial charge on any atom is 0.231 e. The van der Waals surface area contributed by atoms with Gasteiger partial charge >= 0.3 is 0 Å². The first-order valence-electron chi connectivity index (χ1n) is 8.77. The normalized spacial score (nSPS) is 11.0. The second-order valence-electron chi connectivity index (χ2n) is 6.55. The first kappa shape index (κ1) is 19.1. The average Bonchev–Trinajstić information content (AvgIpc) is 3.08. The van der Waals surface area contributed by atoms with Crippen LogP contribution in [0.5, 0.6) is 0 Å². The molecule has 0 aliphatic rings. The van der Waals surface area contributed by atoms with Gasteiger partial charge in [0.2, 0.25) is 5.95 Å². The van der Waals surface area contributed by atoms with Crippen LogP contribution < -0.4 is 10.3 Å². The largest absolute Gasteiger partial charge is 0.312 e. The molecule has 142 valence electrons. The molecule has 1 aromatic carbocycles. The van der Waals surface area contributed by atoms with Gasteiger partial charge < -0.3 is 9.80 Å². The number of aryl methyl sites for hydroxylation is 1. The fourth-order valence-electron chi connectivity index (χ4n) is 2.65. The zero-order chi connectivity index (χ0) is 19.4. The van der Waals surface area contributed by atoms with Crippen LogP contribution in [0.1, 0.15) is 18.2 Å². The highest BCUT2D eigenvalue weighted by atomic mass is 35.5. The molecule has 0 fully saturated rings. The van der Waals surface area contributed by atoms with E-state index in [1.807, 2.05) is 68.8 Å². The Labute approximate surface area is 164 Å². The van der Waals surface area contributed by atoms with Crippen molar-refractivity contribution < 1.29 is 0 Å². The summed E-state index contributed by atoms with van der Waals surface area (Å²) in [7, 11) is 5.92. The smallest absolute Gasteiger partial charge is 0.231 e. The molecule has 8 heteroatoms. The fourth-order valence-corrected chi connectivity index (χ4v) is 2.91. The molecule has 1 N–H and O–H groups in total. The van der Waals surface area contributed by atoms with Crippen molar-refractivity contribution in [2.75, 3.05) is 31.5 Å². The maximum absolute atomic E-state index is 6.35. The summed E-state index contributed by atoms with van der Waals surface area (Å²) in [5, 5.41) is 4.97. The van der Waals surface area contributed by atoms with Crippen LogP contribution in [0.2, 0.25) is 5.02 Å². The van der Waals surface area contributed by atoms with Crippen molar-refractivity contribution in [3.8, 4) is 0 Å². The first-order valence-corrected chi connectivity index (χ1v) is 9.15. The number of rotatable bonds is 7. The van der Waals surface area contributed by atoms with E-state index >= 15 is 0 Å². The standard InChI is InChI=1S/C19H24ClN7/c1-5-14-11-21-27(12-14)24-18-10-15(13-25(2)3)22-19(23-18)26(4)17-9-7-6-8-16(17)20/h6-12H,5,13H2,1-4H3,(H,22,23,24). The van der Waals surface area contributed by atoms with Crippen LogP contribution in [-0.2, 0) is 13.0 Å². The van der Waals surface area contributed by atoms with E-state index < -0.39 is 0 Å². The van der Waals surface area contributed by atoms with E-state index in [1.165, 1.54) is 0 Å². The predicted molar refractivity (Wildman–Crippen MR) is 110 cm³/mol. The second-order valence-corrected chi connectivity index (χ2v) is 6.96. The van der Waals surface area contributed by atoms with Crippen LogP contribution >= 0.6 is 11.6 Å². The third-order valence-electron chi connectivity index (χ3n) is 4.03. The van der Waals surface area contributed by atoms with Gasteiger partial charge in [-0.1, -0.05) is 30.7 Å². The summed E-state index contributed by atoms with van der Waals surface area (Å²) in [4.78, 5) is 15.0. The number of anilines is 3. The Kier molecular flexibility index (Phi) is 5.93. The summed E-state index contributed by atoms with van der Waals surface area (Å²) in [5.74, 6) is 1.23. The number of hydrogen-bond donors (Lipinski definition) is 1. The maximum atomic E-state index is 6.35. The zero-order valence-corrected chi connectivity index (χ0v) is 16.8. The molecule has 27 heavy (non-hydrogen) atoms. The van der Waals surface area contributed by atoms with Gasteiger partial charge in [0.15, 0.2) is 5.82 Å². The Morgan fingerprint density at radius 2 is 1.93 bits per heavy atom. The van der Waals surface area contributed by atoms with E-state index in [1.54, 1.807) is 4.79 Å². The van der Waals surface area contributed by atoms with Crippen molar-refractivity contribution in [2.24, 2.45) is 0 Å². The summed E-state index contributed by atoms with van der Waals surface area (Å²) < 4.78 is 0. The van der Waals surface area contributed by atoms with Crippen LogP contribution in [-0.4, -0.2) is 45.9 Å². The van der Waals surface area contributed by atoms with E-state index in [0.29, 0.717) is 23.3 Å². The summed E-state index contributed by atoms with van der Waals surface area (Å²) in [6, 6.07) is 9.57. The van der Waals surface area contributed by atoms with Gasteiger partial charge in [0.1, 0.15) is 0 Å². The van der Waals surface area contributed by atoms with Crippen molar-refractivity contribution in [1.29, 1.82) is 0 Å². The summed E-state index contributed by atoms with van der Waals surface area (Å²) >= 11 is 6.35. The Morgan fingerprint density at radius 1 is 1.15 bits per heavy atom. The molecule has 0 amide bonds. The third kappa shape index (κ3) is 4.75. The van der Waals surface area contributed by atoms with Gasteiger partial charge in [0, 0.05) is 19.7 Å². The quantitative estimate of drug-likeness (QED) is 0.670. The Balaban J connectivity index is 1.96. The third-order valence-corrected chi connectivity index (χ3v) is 4.35. The highest BCUT2D eigenvalue weighted by molar-refractivity contribution is 6.33. The summed E-state index contributed by atoms with van der Waals surface area (Å²) in [6.07, 6.45) is 4.72. The molecule has 7 nitrogen and oxygen atoms in total. The van der Waals surface area contributed by atoms with Crippen molar-refractivity contribution >= 4 is 29.1 Å². The Bertz CT molecular complexity index is 907. The van der Waals surface area contributed by atoms with Gasteiger partial charge in [-0.15, -0.1) is 0 Å². The minimum Gasteiger partial charge on any atom is -0.312 e. The molecule has 0 atom stereocenters. The monoisotopic (exact) mass is 385 g/mol. The van der Waals surface area contributed by atoms with E-state index in [4.69, 9.17) is 16.6 Å². The summed E-state index contributed by atoms with van der Waals surface area (Å²) in [5.41, 5.74) is 6.11. The molecule has 3 aromatic rings. The van der Waals surface area contributed by atoms with Crippen molar-refractivity contribution in [3.63, 3.8) is 0 Å². The van der Waals surface area contributed by atoms with Gasteiger partial charge in [-0.25, -0.2) is 4.98 Å². The summed E-state index contributed by atoms with van der Waals surface area (Å²) in [6.45, 7) is 2.79. The van der Waals surface area contributed by atoms with Crippen molar-refractivity contribution in [2.45, 2.75) is 19.9 Å².